The molecule has 0 radical (unpaired) electrons. The van der Waals surface area contributed by atoms with E-state index in [1.165, 1.54) is 0 Å². The van der Waals surface area contributed by atoms with Crippen molar-refractivity contribution in [2.24, 2.45) is 0 Å². The summed E-state index contributed by atoms with van der Waals surface area (Å²) in [6, 6.07) is 6.53. The minimum Gasteiger partial charge on any atom is -0.325 e. The zero-order valence-corrected chi connectivity index (χ0v) is 10.9. The van der Waals surface area contributed by atoms with Crippen molar-refractivity contribution in [1.82, 2.24) is 0 Å². The number of rotatable bonds is 4. The highest BCUT2D eigenvalue weighted by molar-refractivity contribution is 7.16. The summed E-state index contributed by atoms with van der Waals surface area (Å²) in [5.41, 5.74) is 0.676. The van der Waals surface area contributed by atoms with Crippen LogP contribution >= 0.6 is 9.24 Å². The quantitative estimate of drug-likeness (QED) is 0.392. The zero-order chi connectivity index (χ0) is 13.4. The highest BCUT2D eigenvalue weighted by Gasteiger charge is 2.10. The number of ketones is 1. The Morgan fingerprint density at radius 3 is 2.72 bits per heavy atom. The van der Waals surface area contributed by atoms with Gasteiger partial charge in [-0.05, 0) is 24.2 Å². The average molecular weight is 265 g/mol. The molecule has 0 saturated carbocycles. The number of para-hydroxylation sites is 1. The van der Waals surface area contributed by atoms with Crippen LogP contribution in [-0.2, 0) is 4.79 Å². The number of benzene rings is 1. The maximum atomic E-state index is 11.9. The van der Waals surface area contributed by atoms with E-state index in [4.69, 9.17) is 0 Å². The molecule has 18 heavy (non-hydrogen) atoms. The number of hydrogen-bond acceptors (Lipinski definition) is 2. The lowest BCUT2D eigenvalue weighted by Crippen LogP contribution is -2.14. The van der Waals surface area contributed by atoms with Gasteiger partial charge in [0, 0.05) is 6.42 Å². The lowest BCUT2D eigenvalue weighted by Gasteiger charge is -2.07. The van der Waals surface area contributed by atoms with Gasteiger partial charge in [0.1, 0.15) is 0 Å². The Hall–Kier alpha value is -1.72. The predicted molar refractivity (Wildman–Crippen MR) is 72.3 cm³/mol. The molecule has 3 nitrogen and oxygen atoms in total. The summed E-state index contributed by atoms with van der Waals surface area (Å²) < 4.78 is 11.9. The molecule has 0 saturated heterocycles. The van der Waals surface area contributed by atoms with Gasteiger partial charge < -0.3 is 5.32 Å². The van der Waals surface area contributed by atoms with E-state index in [-0.39, 0.29) is 11.5 Å². The standard InChI is InChI=1S/C13H13FNO2P/c14-8-3-6-12(16)10-4-1-2-5-11(10)15-13(17)7-9-18/h1-2,4-5H,7-9,18H2,(H,15,17). The van der Waals surface area contributed by atoms with Crippen molar-refractivity contribution in [3.63, 3.8) is 0 Å². The van der Waals surface area contributed by atoms with Crippen molar-refractivity contribution < 1.29 is 14.0 Å². The van der Waals surface area contributed by atoms with E-state index >= 15 is 0 Å². The lowest BCUT2D eigenvalue weighted by molar-refractivity contribution is -0.115. The first-order valence-electron chi connectivity index (χ1n) is 5.37. The molecular weight excluding hydrogens is 252 g/mol. The molecule has 1 unspecified atom stereocenters. The molecule has 0 aliphatic rings. The van der Waals surface area contributed by atoms with E-state index in [1.54, 1.807) is 24.3 Å². The zero-order valence-electron chi connectivity index (χ0n) is 9.70. The summed E-state index contributed by atoms with van der Waals surface area (Å²) in [5, 5.41) is 2.63. The molecule has 0 heterocycles. The molecule has 94 valence electrons. The number of alkyl halides is 1. The molecule has 0 fully saturated rings. The van der Waals surface area contributed by atoms with Crippen molar-refractivity contribution in [3.05, 3.63) is 29.8 Å². The first-order valence-corrected chi connectivity index (χ1v) is 6.18. The van der Waals surface area contributed by atoms with Crippen molar-refractivity contribution in [2.45, 2.75) is 6.42 Å². The fraction of sp³-hybridized carbons (Fsp3) is 0.231. The molecule has 5 heteroatoms. The number of hydrogen-bond donors (Lipinski definition) is 1. The first-order chi connectivity index (χ1) is 8.69. The number of anilines is 1. The largest absolute Gasteiger partial charge is 0.325 e. The van der Waals surface area contributed by atoms with Gasteiger partial charge in [-0.15, -0.1) is 9.24 Å². The molecule has 0 bridgehead atoms. The van der Waals surface area contributed by atoms with Crippen LogP contribution in [0.1, 0.15) is 16.8 Å². The van der Waals surface area contributed by atoms with Gasteiger partial charge in [0.2, 0.25) is 11.7 Å². The Bertz CT molecular complexity index is 505. The van der Waals surface area contributed by atoms with Gasteiger partial charge in [-0.25, -0.2) is 4.39 Å². The van der Waals surface area contributed by atoms with Crippen molar-refractivity contribution in [1.29, 1.82) is 0 Å². The minimum absolute atomic E-state index is 0.177. The summed E-state index contributed by atoms with van der Waals surface area (Å²) >= 11 is 0. The Kier molecular flexibility index (Phi) is 6.04. The van der Waals surface area contributed by atoms with Gasteiger partial charge in [0.05, 0.1) is 11.3 Å². The molecule has 1 N–H and O–H groups in total. The van der Waals surface area contributed by atoms with Gasteiger partial charge in [0.25, 0.3) is 0 Å². The van der Waals surface area contributed by atoms with Gasteiger partial charge in [0.15, 0.2) is 6.67 Å². The van der Waals surface area contributed by atoms with Gasteiger partial charge in [-0.2, -0.15) is 0 Å². The second kappa shape index (κ2) is 7.58. The van der Waals surface area contributed by atoms with E-state index in [0.717, 1.165) is 0 Å². The van der Waals surface area contributed by atoms with E-state index in [2.05, 4.69) is 26.4 Å². The van der Waals surface area contributed by atoms with Crippen LogP contribution in [0, 0.1) is 11.8 Å². The molecule has 0 aliphatic carbocycles. The third-order valence-electron chi connectivity index (χ3n) is 2.09. The SMILES string of the molecule is O=C(CCP)Nc1ccccc1C(=O)C#CCF. The Morgan fingerprint density at radius 1 is 1.33 bits per heavy atom. The van der Waals surface area contributed by atoms with E-state index in [1.807, 2.05) is 0 Å². The number of carbonyl (C=O) groups excluding carboxylic acids is 2. The van der Waals surface area contributed by atoms with E-state index < -0.39 is 12.5 Å². The molecule has 1 aromatic rings. The summed E-state index contributed by atoms with van der Waals surface area (Å²) in [7, 11) is 2.45. The van der Waals surface area contributed by atoms with Crippen LogP contribution in [-0.4, -0.2) is 24.5 Å². The number of halogens is 1. The second-order valence-corrected chi connectivity index (χ2v) is 3.97. The van der Waals surface area contributed by atoms with Crippen molar-refractivity contribution in [2.75, 3.05) is 18.2 Å². The van der Waals surface area contributed by atoms with Gasteiger partial charge in [-0.3, -0.25) is 9.59 Å². The van der Waals surface area contributed by atoms with Gasteiger partial charge in [-0.1, -0.05) is 18.1 Å². The number of nitrogens with one attached hydrogen (secondary N) is 1. The number of amides is 1. The maximum Gasteiger partial charge on any atom is 0.238 e. The molecular formula is C13H13FNO2P. The Balaban J connectivity index is 2.92. The highest BCUT2D eigenvalue weighted by atomic mass is 31.0. The van der Waals surface area contributed by atoms with Crippen LogP contribution in [0.25, 0.3) is 0 Å². The molecule has 0 aliphatic heterocycles. The van der Waals surface area contributed by atoms with Crippen molar-refractivity contribution in [3.8, 4) is 11.8 Å². The highest BCUT2D eigenvalue weighted by Crippen LogP contribution is 2.15. The lowest BCUT2D eigenvalue weighted by atomic mass is 10.1. The normalized spacial score (nSPS) is 9.22. The van der Waals surface area contributed by atoms with Crippen LogP contribution in [0.15, 0.2) is 24.3 Å². The predicted octanol–water partition coefficient (Wildman–Crippen LogP) is 2.05. The third-order valence-corrected chi connectivity index (χ3v) is 2.37. The molecule has 0 aromatic heterocycles. The van der Waals surface area contributed by atoms with Crippen LogP contribution in [0.3, 0.4) is 0 Å². The summed E-state index contributed by atoms with van der Waals surface area (Å²) in [5.74, 6) is 3.56. The molecule has 1 atom stereocenters. The van der Waals surface area contributed by atoms with E-state index in [0.29, 0.717) is 18.3 Å². The summed E-state index contributed by atoms with van der Waals surface area (Å²) in [4.78, 5) is 23.1. The van der Waals surface area contributed by atoms with E-state index in [9.17, 15) is 14.0 Å². The van der Waals surface area contributed by atoms with Crippen LogP contribution in [0.2, 0.25) is 0 Å². The monoisotopic (exact) mass is 265 g/mol. The minimum atomic E-state index is -0.868. The summed E-state index contributed by atoms with van der Waals surface area (Å²) in [6.45, 7) is -0.868. The second-order valence-electron chi connectivity index (χ2n) is 3.40. The van der Waals surface area contributed by atoms with Crippen LogP contribution in [0.4, 0.5) is 10.1 Å². The fourth-order valence-corrected chi connectivity index (χ4v) is 1.58. The molecule has 1 amide bonds. The van der Waals surface area contributed by atoms with Crippen molar-refractivity contribution >= 4 is 26.6 Å². The summed E-state index contributed by atoms with van der Waals surface area (Å²) in [6.07, 6.45) is 0.993. The number of Topliss-reactive ketones (excluding diaryl/α,β-unsaturated/α-hetero) is 1. The van der Waals surface area contributed by atoms with Gasteiger partial charge >= 0.3 is 0 Å². The number of carbonyl (C=O) groups is 2. The van der Waals surface area contributed by atoms with Crippen LogP contribution < -0.4 is 5.32 Å². The Labute approximate surface area is 107 Å². The average Bonchev–Trinajstić information content (AvgIpc) is 2.37. The first kappa shape index (κ1) is 14.3. The Morgan fingerprint density at radius 2 is 2.06 bits per heavy atom. The smallest absolute Gasteiger partial charge is 0.238 e. The molecule has 1 aromatic carbocycles. The molecule has 1 rings (SSSR count). The maximum absolute atomic E-state index is 11.9. The topological polar surface area (TPSA) is 46.2 Å². The van der Waals surface area contributed by atoms with Crippen LogP contribution in [0.5, 0.6) is 0 Å². The fourth-order valence-electron chi connectivity index (χ4n) is 1.31. The third kappa shape index (κ3) is 4.27. The molecule has 0 spiro atoms.